The second kappa shape index (κ2) is 7.55. The van der Waals surface area contributed by atoms with Gasteiger partial charge in [0.1, 0.15) is 16.3 Å². The van der Waals surface area contributed by atoms with Crippen LogP contribution in [-0.2, 0) is 20.2 Å². The van der Waals surface area contributed by atoms with Crippen LogP contribution in [0.1, 0.15) is 0 Å². The van der Waals surface area contributed by atoms with Crippen molar-refractivity contribution >= 4 is 48.1 Å². The molecule has 0 spiro atoms. The third kappa shape index (κ3) is 4.43. The van der Waals surface area contributed by atoms with E-state index >= 15 is 0 Å². The number of non-ortho nitro benzene ring substituents is 1. The van der Waals surface area contributed by atoms with Crippen molar-refractivity contribution in [2.24, 2.45) is 10.2 Å². The SMILES string of the molecule is O=[N+]([O-])c1ccc(N=Nc2c(S(=O)(=O)O)cc3cc(S(=O)(=O)O)cc(O)c3c2O)cc1. The Morgan fingerprint density at radius 2 is 1.48 bits per heavy atom. The van der Waals surface area contributed by atoms with E-state index in [9.17, 15) is 41.7 Å². The van der Waals surface area contributed by atoms with Gasteiger partial charge in [-0.3, -0.25) is 19.2 Å². The zero-order valence-electron chi connectivity index (χ0n) is 14.9. The van der Waals surface area contributed by atoms with Crippen molar-refractivity contribution in [2.45, 2.75) is 9.79 Å². The predicted molar refractivity (Wildman–Crippen MR) is 104 cm³/mol. The Morgan fingerprint density at radius 1 is 0.871 bits per heavy atom. The molecule has 0 fully saturated rings. The first-order valence-corrected chi connectivity index (χ1v) is 10.8. The van der Waals surface area contributed by atoms with Crippen LogP contribution in [0.25, 0.3) is 10.8 Å². The fourth-order valence-corrected chi connectivity index (χ4v) is 3.82. The van der Waals surface area contributed by atoms with Crippen LogP contribution in [0.2, 0.25) is 0 Å². The van der Waals surface area contributed by atoms with E-state index < -0.39 is 57.5 Å². The standard InChI is InChI=1S/C16H11N3O10S2/c20-12-7-11(30(24,25)26)5-8-6-13(31(27,28)29)15(16(21)14(8)12)18-17-9-1-3-10(4-2-9)19(22)23/h1-7,20-21H,(H,24,25,26)(H,27,28,29). The summed E-state index contributed by atoms with van der Waals surface area (Å²) in [7, 11) is -9.82. The summed E-state index contributed by atoms with van der Waals surface area (Å²) in [6, 6.07) is 6.65. The van der Waals surface area contributed by atoms with E-state index in [1.54, 1.807) is 0 Å². The van der Waals surface area contributed by atoms with Gasteiger partial charge in [-0.1, -0.05) is 0 Å². The van der Waals surface area contributed by atoms with Gasteiger partial charge in [-0.2, -0.15) is 21.9 Å². The maximum atomic E-state index is 11.8. The molecular weight excluding hydrogens is 458 g/mol. The smallest absolute Gasteiger partial charge is 0.296 e. The lowest BCUT2D eigenvalue weighted by Crippen LogP contribution is -2.01. The highest BCUT2D eigenvalue weighted by molar-refractivity contribution is 7.86. The summed E-state index contributed by atoms with van der Waals surface area (Å²) in [4.78, 5) is 8.25. The van der Waals surface area contributed by atoms with E-state index in [-0.39, 0.29) is 16.8 Å². The zero-order valence-corrected chi connectivity index (χ0v) is 16.6. The van der Waals surface area contributed by atoms with Gasteiger partial charge < -0.3 is 10.2 Å². The minimum atomic E-state index is -5.03. The highest BCUT2D eigenvalue weighted by Gasteiger charge is 2.25. The van der Waals surface area contributed by atoms with Crippen molar-refractivity contribution in [3.05, 3.63) is 52.6 Å². The molecule has 0 aliphatic rings. The lowest BCUT2D eigenvalue weighted by molar-refractivity contribution is -0.384. The normalized spacial score (nSPS) is 12.5. The number of hydrogen-bond donors (Lipinski definition) is 4. The number of nitrogens with zero attached hydrogens (tertiary/aromatic N) is 3. The van der Waals surface area contributed by atoms with Crippen LogP contribution in [0.15, 0.2) is 62.5 Å². The molecule has 31 heavy (non-hydrogen) atoms. The third-order valence-corrected chi connectivity index (χ3v) is 5.70. The second-order valence-corrected chi connectivity index (χ2v) is 8.85. The summed E-state index contributed by atoms with van der Waals surface area (Å²) >= 11 is 0. The van der Waals surface area contributed by atoms with Crippen molar-refractivity contribution in [1.29, 1.82) is 0 Å². The Kier molecular flexibility index (Phi) is 5.36. The number of phenolic OH excluding ortho intramolecular Hbond substituents is 2. The van der Waals surface area contributed by atoms with Crippen LogP contribution in [0, 0.1) is 10.1 Å². The molecule has 0 radical (unpaired) electrons. The van der Waals surface area contributed by atoms with Crippen LogP contribution < -0.4 is 0 Å². The van der Waals surface area contributed by atoms with Gasteiger partial charge in [0.25, 0.3) is 25.9 Å². The van der Waals surface area contributed by atoms with Crippen molar-refractivity contribution < 1.29 is 41.1 Å². The van der Waals surface area contributed by atoms with Crippen LogP contribution in [0.4, 0.5) is 17.1 Å². The first kappa shape index (κ1) is 22.0. The summed E-state index contributed by atoms with van der Waals surface area (Å²) in [5.74, 6) is -1.80. The first-order valence-electron chi connectivity index (χ1n) is 7.93. The van der Waals surface area contributed by atoms with Crippen molar-refractivity contribution in [1.82, 2.24) is 0 Å². The molecule has 3 aromatic rings. The molecule has 0 amide bonds. The summed E-state index contributed by atoms with van der Waals surface area (Å²) in [5.41, 5.74) is -1.01. The summed E-state index contributed by atoms with van der Waals surface area (Å²) < 4.78 is 64.9. The van der Waals surface area contributed by atoms with Gasteiger partial charge in [0.05, 0.1) is 20.9 Å². The number of nitro groups is 1. The van der Waals surface area contributed by atoms with E-state index in [0.717, 1.165) is 18.2 Å². The number of phenols is 2. The molecule has 15 heteroatoms. The Bertz CT molecular complexity index is 1460. The molecule has 13 nitrogen and oxygen atoms in total. The number of aromatic hydroxyl groups is 2. The van der Waals surface area contributed by atoms with E-state index in [2.05, 4.69) is 10.2 Å². The molecule has 0 unspecified atom stereocenters. The van der Waals surface area contributed by atoms with Crippen LogP contribution in [0.3, 0.4) is 0 Å². The molecule has 0 aliphatic heterocycles. The average Bonchev–Trinajstić information content (AvgIpc) is 2.65. The summed E-state index contributed by atoms with van der Waals surface area (Å²) in [5, 5.41) is 37.7. The predicted octanol–water partition coefficient (Wildman–Crippen LogP) is 3.07. The Balaban J connectivity index is 2.26. The van der Waals surface area contributed by atoms with Gasteiger partial charge in [0.15, 0.2) is 5.75 Å². The van der Waals surface area contributed by atoms with Crippen molar-refractivity contribution in [2.75, 3.05) is 0 Å². The molecule has 4 N–H and O–H groups in total. The molecule has 0 heterocycles. The van der Waals surface area contributed by atoms with Crippen LogP contribution in [0.5, 0.6) is 11.5 Å². The fourth-order valence-electron chi connectivity index (χ4n) is 2.63. The number of fused-ring (bicyclic) bond motifs is 1. The van der Waals surface area contributed by atoms with Crippen molar-refractivity contribution in [3.8, 4) is 11.5 Å². The summed E-state index contributed by atoms with van der Waals surface area (Å²) in [6.07, 6.45) is 0. The minimum Gasteiger partial charge on any atom is -0.507 e. The number of hydrogen-bond acceptors (Lipinski definition) is 10. The van der Waals surface area contributed by atoms with E-state index in [1.165, 1.54) is 12.1 Å². The molecule has 0 atom stereocenters. The maximum absolute atomic E-state index is 11.8. The highest BCUT2D eigenvalue weighted by atomic mass is 32.2. The minimum absolute atomic E-state index is 0.0253. The average molecular weight is 469 g/mol. The molecule has 0 bridgehead atoms. The third-order valence-electron chi connectivity index (χ3n) is 4.00. The van der Waals surface area contributed by atoms with Gasteiger partial charge in [-0.15, -0.1) is 5.11 Å². The lowest BCUT2D eigenvalue weighted by atomic mass is 10.1. The van der Waals surface area contributed by atoms with Gasteiger partial charge >= 0.3 is 0 Å². The van der Waals surface area contributed by atoms with Crippen LogP contribution in [-0.4, -0.2) is 41.1 Å². The van der Waals surface area contributed by atoms with E-state index in [1.807, 2.05) is 0 Å². The fraction of sp³-hybridized carbons (Fsp3) is 0. The molecule has 0 aliphatic carbocycles. The Labute approximate surface area is 173 Å². The van der Waals surface area contributed by atoms with Crippen molar-refractivity contribution in [3.63, 3.8) is 0 Å². The monoisotopic (exact) mass is 469 g/mol. The Hall–Kier alpha value is -3.66. The number of nitro benzene ring substituents is 1. The van der Waals surface area contributed by atoms with Gasteiger partial charge in [-0.05, 0) is 29.7 Å². The topological polar surface area (TPSA) is 217 Å². The molecular formula is C16H11N3O10S2. The molecule has 0 aromatic heterocycles. The second-order valence-electron chi connectivity index (χ2n) is 6.04. The van der Waals surface area contributed by atoms with Gasteiger partial charge in [0.2, 0.25) is 0 Å². The molecule has 0 saturated carbocycles. The zero-order chi connectivity index (χ0) is 23.1. The Morgan fingerprint density at radius 3 is 2.00 bits per heavy atom. The number of benzene rings is 3. The molecule has 0 saturated heterocycles. The number of azo groups is 1. The maximum Gasteiger partial charge on any atom is 0.296 e. The lowest BCUT2D eigenvalue weighted by Gasteiger charge is -2.11. The largest absolute Gasteiger partial charge is 0.507 e. The number of rotatable bonds is 5. The van der Waals surface area contributed by atoms with Crippen LogP contribution >= 0.6 is 0 Å². The van der Waals surface area contributed by atoms with Gasteiger partial charge in [-0.25, -0.2) is 0 Å². The molecule has 3 aromatic carbocycles. The molecule has 162 valence electrons. The first-order chi connectivity index (χ1) is 14.3. The van der Waals surface area contributed by atoms with E-state index in [0.29, 0.717) is 12.1 Å². The summed E-state index contributed by atoms with van der Waals surface area (Å²) in [6.45, 7) is 0. The molecule has 3 rings (SSSR count). The highest BCUT2D eigenvalue weighted by Crippen LogP contribution is 2.45. The van der Waals surface area contributed by atoms with E-state index in [4.69, 9.17) is 4.55 Å². The van der Waals surface area contributed by atoms with Gasteiger partial charge in [0, 0.05) is 18.2 Å². The quantitative estimate of drug-likeness (QED) is 0.185.